The minimum absolute atomic E-state index is 0.177. The minimum atomic E-state index is -0.380. The molecular formula is C12H14N2O4S2. The number of ether oxygens (including phenoxy) is 3. The molecule has 0 saturated carbocycles. The highest BCUT2D eigenvalue weighted by atomic mass is 32.1. The number of aryl methyl sites for hydroxylation is 1. The zero-order chi connectivity index (χ0) is 14.5. The van der Waals surface area contributed by atoms with Gasteiger partial charge in [-0.25, -0.2) is 9.78 Å². The molecule has 6 nitrogen and oxygen atoms in total. The van der Waals surface area contributed by atoms with E-state index in [0.717, 1.165) is 9.88 Å². The fraction of sp³-hybridized carbons (Fsp3) is 0.417. The number of esters is 1. The summed E-state index contributed by atoms with van der Waals surface area (Å²) >= 11 is 2.53. The third kappa shape index (κ3) is 3.53. The predicted octanol–water partition coefficient (Wildman–Crippen LogP) is 2.42. The molecule has 0 N–H and O–H groups in total. The Kier molecular flexibility index (Phi) is 5.05. The molecule has 8 heteroatoms. The number of carbonyl (C=O) groups is 1. The van der Waals surface area contributed by atoms with Gasteiger partial charge in [0.05, 0.1) is 24.3 Å². The summed E-state index contributed by atoms with van der Waals surface area (Å²) in [6.07, 6.45) is 0. The number of hydrogen-bond donors (Lipinski definition) is 0. The van der Waals surface area contributed by atoms with Gasteiger partial charge in [-0.1, -0.05) is 0 Å². The molecule has 0 fully saturated rings. The number of hydrogen-bond acceptors (Lipinski definition) is 8. The lowest BCUT2D eigenvalue weighted by molar-refractivity contribution is 0.0481. The molecule has 2 aromatic rings. The topological polar surface area (TPSA) is 70.5 Å². The first-order valence-electron chi connectivity index (χ1n) is 5.76. The maximum atomic E-state index is 12.0. The normalized spacial score (nSPS) is 10.6. The van der Waals surface area contributed by atoms with Crippen molar-refractivity contribution in [1.82, 2.24) is 9.36 Å². The zero-order valence-corrected chi connectivity index (χ0v) is 13.0. The lowest BCUT2D eigenvalue weighted by Crippen LogP contribution is -2.04. The summed E-state index contributed by atoms with van der Waals surface area (Å²) in [5, 5.41) is 0.761. The van der Waals surface area contributed by atoms with Crippen LogP contribution in [-0.2, 0) is 22.7 Å². The van der Waals surface area contributed by atoms with Crippen LogP contribution in [0.5, 0.6) is 5.88 Å². The Labute approximate surface area is 124 Å². The first-order valence-corrected chi connectivity index (χ1v) is 7.35. The Hall–Kier alpha value is -1.51. The predicted molar refractivity (Wildman–Crippen MR) is 75.3 cm³/mol. The van der Waals surface area contributed by atoms with E-state index in [9.17, 15) is 4.79 Å². The second-order valence-corrected chi connectivity index (χ2v) is 5.84. The molecule has 20 heavy (non-hydrogen) atoms. The summed E-state index contributed by atoms with van der Waals surface area (Å²) in [7, 11) is 3.13. The van der Waals surface area contributed by atoms with Crippen molar-refractivity contribution in [3.63, 3.8) is 0 Å². The van der Waals surface area contributed by atoms with Crippen LogP contribution >= 0.6 is 22.9 Å². The molecule has 2 rings (SSSR count). The van der Waals surface area contributed by atoms with Crippen molar-refractivity contribution >= 4 is 28.8 Å². The van der Waals surface area contributed by atoms with E-state index in [1.165, 1.54) is 22.9 Å². The third-order valence-electron chi connectivity index (χ3n) is 2.39. The molecule has 0 aliphatic rings. The fourth-order valence-corrected chi connectivity index (χ4v) is 3.02. The van der Waals surface area contributed by atoms with Crippen LogP contribution in [0.2, 0.25) is 0 Å². The van der Waals surface area contributed by atoms with E-state index in [1.54, 1.807) is 27.2 Å². The van der Waals surface area contributed by atoms with Crippen molar-refractivity contribution in [2.75, 3.05) is 14.2 Å². The van der Waals surface area contributed by atoms with Crippen molar-refractivity contribution in [2.24, 2.45) is 0 Å². The van der Waals surface area contributed by atoms with Crippen molar-refractivity contribution in [3.8, 4) is 5.88 Å². The van der Waals surface area contributed by atoms with E-state index in [0.29, 0.717) is 23.1 Å². The van der Waals surface area contributed by atoms with Gasteiger partial charge in [0.2, 0.25) is 5.88 Å². The van der Waals surface area contributed by atoms with Crippen LogP contribution in [0.25, 0.3) is 0 Å². The third-order valence-corrected chi connectivity index (χ3v) is 4.24. The average molecular weight is 314 g/mol. The van der Waals surface area contributed by atoms with Gasteiger partial charge < -0.3 is 14.2 Å². The Balaban J connectivity index is 1.97. The van der Waals surface area contributed by atoms with E-state index >= 15 is 0 Å². The van der Waals surface area contributed by atoms with Gasteiger partial charge in [-0.3, -0.25) is 0 Å². The minimum Gasteiger partial charge on any atom is -0.480 e. The van der Waals surface area contributed by atoms with E-state index < -0.39 is 0 Å². The molecule has 0 spiro atoms. The van der Waals surface area contributed by atoms with Gasteiger partial charge in [-0.15, -0.1) is 11.3 Å². The maximum absolute atomic E-state index is 12.0. The van der Waals surface area contributed by atoms with Gasteiger partial charge >= 0.3 is 5.97 Å². The summed E-state index contributed by atoms with van der Waals surface area (Å²) < 4.78 is 19.3. The zero-order valence-electron chi connectivity index (χ0n) is 11.3. The Morgan fingerprint density at radius 2 is 2.15 bits per heavy atom. The van der Waals surface area contributed by atoms with E-state index in [-0.39, 0.29) is 12.6 Å². The van der Waals surface area contributed by atoms with Crippen LogP contribution in [0, 0.1) is 6.92 Å². The van der Waals surface area contributed by atoms with Crippen LogP contribution < -0.4 is 4.74 Å². The fourth-order valence-electron chi connectivity index (χ4n) is 1.49. The summed E-state index contributed by atoms with van der Waals surface area (Å²) in [6.45, 7) is 2.35. The SMILES string of the molecule is COCc1nc(C)c(C(=O)OCc2cc(OC)ns2)s1. The first-order chi connectivity index (χ1) is 9.63. The van der Waals surface area contributed by atoms with Crippen LogP contribution in [-0.4, -0.2) is 29.5 Å². The van der Waals surface area contributed by atoms with E-state index in [2.05, 4.69) is 9.36 Å². The number of nitrogens with zero attached hydrogens (tertiary/aromatic N) is 2. The molecule has 2 aromatic heterocycles. The van der Waals surface area contributed by atoms with E-state index in [4.69, 9.17) is 14.2 Å². The molecule has 0 aromatic carbocycles. The van der Waals surface area contributed by atoms with Gasteiger partial charge in [0.25, 0.3) is 0 Å². The standard InChI is InChI=1S/C12H14N2O4S2/c1-7-11(19-10(13-7)6-16-2)12(15)18-5-8-4-9(17-3)14-20-8/h4H,5-6H2,1-3H3. The Morgan fingerprint density at radius 3 is 2.80 bits per heavy atom. The van der Waals surface area contributed by atoms with Crippen LogP contribution in [0.3, 0.4) is 0 Å². The van der Waals surface area contributed by atoms with Gasteiger partial charge in [-0.05, 0) is 18.5 Å². The number of thiazole rings is 1. The van der Waals surface area contributed by atoms with Crippen molar-refractivity contribution in [1.29, 1.82) is 0 Å². The highest BCUT2D eigenvalue weighted by Gasteiger charge is 2.17. The molecule has 0 aliphatic heterocycles. The first kappa shape index (κ1) is 14.9. The highest BCUT2D eigenvalue weighted by Crippen LogP contribution is 2.22. The summed E-state index contributed by atoms with van der Waals surface area (Å²) in [5.74, 6) is 0.145. The second-order valence-electron chi connectivity index (χ2n) is 3.87. The smallest absolute Gasteiger partial charge is 0.350 e. The van der Waals surface area contributed by atoms with Crippen LogP contribution in [0.1, 0.15) is 25.3 Å². The monoisotopic (exact) mass is 314 g/mol. The van der Waals surface area contributed by atoms with E-state index in [1.807, 2.05) is 0 Å². The molecular weight excluding hydrogens is 300 g/mol. The van der Waals surface area contributed by atoms with Gasteiger partial charge in [0.15, 0.2) is 0 Å². The average Bonchev–Trinajstić information content (AvgIpc) is 3.03. The number of aromatic nitrogens is 2. The van der Waals surface area contributed by atoms with Gasteiger partial charge in [0, 0.05) is 13.2 Å². The maximum Gasteiger partial charge on any atom is 0.350 e. The molecule has 0 unspecified atom stereocenters. The summed E-state index contributed by atoms with van der Waals surface area (Å²) in [4.78, 5) is 17.6. The van der Waals surface area contributed by atoms with Crippen molar-refractivity contribution < 1.29 is 19.0 Å². The number of carbonyl (C=O) groups excluding carboxylic acids is 1. The van der Waals surface area contributed by atoms with Gasteiger partial charge in [0.1, 0.15) is 16.5 Å². The summed E-state index contributed by atoms with van der Waals surface area (Å²) in [6, 6.07) is 1.74. The lowest BCUT2D eigenvalue weighted by Gasteiger charge is -2.00. The summed E-state index contributed by atoms with van der Waals surface area (Å²) in [5.41, 5.74) is 0.661. The number of rotatable bonds is 6. The molecule has 0 atom stereocenters. The molecule has 0 bridgehead atoms. The highest BCUT2D eigenvalue weighted by molar-refractivity contribution is 7.13. The van der Waals surface area contributed by atoms with Gasteiger partial charge in [-0.2, -0.15) is 4.37 Å². The second kappa shape index (κ2) is 6.78. The van der Waals surface area contributed by atoms with Crippen molar-refractivity contribution in [3.05, 3.63) is 26.5 Å². The molecule has 0 radical (unpaired) electrons. The van der Waals surface area contributed by atoms with Crippen molar-refractivity contribution in [2.45, 2.75) is 20.1 Å². The Bertz CT molecular complexity index is 594. The molecule has 0 aliphatic carbocycles. The quantitative estimate of drug-likeness (QED) is 0.763. The number of methoxy groups -OCH3 is 2. The Morgan fingerprint density at radius 1 is 1.35 bits per heavy atom. The molecule has 0 saturated heterocycles. The largest absolute Gasteiger partial charge is 0.480 e. The molecule has 2 heterocycles. The van der Waals surface area contributed by atoms with Crippen LogP contribution in [0.4, 0.5) is 0 Å². The lowest BCUT2D eigenvalue weighted by atomic mass is 10.4. The molecule has 108 valence electrons. The molecule has 0 amide bonds. The van der Waals surface area contributed by atoms with Crippen LogP contribution in [0.15, 0.2) is 6.07 Å².